The first kappa shape index (κ1) is 19.9. The van der Waals surface area contributed by atoms with Crippen molar-refractivity contribution in [2.75, 3.05) is 25.4 Å². The summed E-state index contributed by atoms with van der Waals surface area (Å²) in [5, 5.41) is 10.9. The zero-order valence-corrected chi connectivity index (χ0v) is 18.0. The quantitative estimate of drug-likeness (QED) is 0.434. The van der Waals surface area contributed by atoms with Crippen LogP contribution in [0.3, 0.4) is 0 Å². The van der Waals surface area contributed by atoms with E-state index in [-0.39, 0.29) is 0 Å². The Bertz CT molecular complexity index is 1070. The van der Waals surface area contributed by atoms with E-state index in [1.807, 2.05) is 0 Å². The van der Waals surface area contributed by atoms with Gasteiger partial charge in [-0.1, -0.05) is 60.3 Å². The van der Waals surface area contributed by atoms with Crippen molar-refractivity contribution in [3.8, 4) is 0 Å². The molecule has 0 saturated carbocycles. The van der Waals surface area contributed by atoms with Crippen LogP contribution in [0.25, 0.3) is 22.1 Å². The van der Waals surface area contributed by atoms with Crippen molar-refractivity contribution < 1.29 is 4.90 Å². The van der Waals surface area contributed by atoms with Gasteiger partial charge >= 0.3 is 0 Å². The number of thioether (sulfide) groups is 1. The molecular weight excluding hydrogens is 378 g/mol. The summed E-state index contributed by atoms with van der Waals surface area (Å²) in [4.78, 5) is 6.52. The number of nitrogens with zero attached hydrogens (tertiary/aromatic N) is 4. The molecule has 5 nitrogen and oxygen atoms in total. The Morgan fingerprint density at radius 3 is 2.48 bits per heavy atom. The molecule has 2 heterocycles. The molecule has 2 aromatic heterocycles. The number of benzene rings is 2. The van der Waals surface area contributed by atoms with Crippen LogP contribution < -0.4 is 4.90 Å². The van der Waals surface area contributed by atoms with E-state index in [2.05, 4.69) is 83.2 Å². The first-order valence-electron chi connectivity index (χ1n) is 10.4. The molecule has 0 spiro atoms. The maximum Gasteiger partial charge on any atom is 0.211 e. The van der Waals surface area contributed by atoms with Crippen molar-refractivity contribution >= 4 is 33.8 Å². The fourth-order valence-corrected chi connectivity index (χ4v) is 4.58. The molecule has 0 amide bonds. The number of nitrogens with one attached hydrogen (secondary N) is 1. The molecular formula is C23H28N5S+. The van der Waals surface area contributed by atoms with E-state index in [4.69, 9.17) is 4.98 Å². The highest BCUT2D eigenvalue weighted by molar-refractivity contribution is 7.99. The number of para-hydroxylation sites is 1. The SMILES string of the molecule is CC[NH+](CC)CCSc1nnc2c3ccccc3n(CCc3ccccc3)c2n1. The first-order chi connectivity index (χ1) is 14.3. The molecule has 0 fully saturated rings. The Morgan fingerprint density at radius 1 is 0.931 bits per heavy atom. The van der Waals surface area contributed by atoms with Crippen LogP contribution >= 0.6 is 11.8 Å². The van der Waals surface area contributed by atoms with Crippen molar-refractivity contribution in [2.24, 2.45) is 0 Å². The Morgan fingerprint density at radius 2 is 1.69 bits per heavy atom. The van der Waals surface area contributed by atoms with Crippen LogP contribution in [-0.2, 0) is 13.0 Å². The molecule has 4 rings (SSSR count). The number of aromatic nitrogens is 4. The van der Waals surface area contributed by atoms with Crippen molar-refractivity contribution in [1.29, 1.82) is 0 Å². The maximum atomic E-state index is 4.92. The van der Waals surface area contributed by atoms with Gasteiger partial charge in [0.25, 0.3) is 0 Å². The lowest BCUT2D eigenvalue weighted by molar-refractivity contribution is -0.893. The van der Waals surface area contributed by atoms with Gasteiger partial charge in [0.2, 0.25) is 5.16 Å². The summed E-state index contributed by atoms with van der Waals surface area (Å²) in [5.41, 5.74) is 4.34. The van der Waals surface area contributed by atoms with E-state index >= 15 is 0 Å². The second kappa shape index (κ2) is 9.37. The van der Waals surface area contributed by atoms with Crippen LogP contribution in [0, 0.1) is 0 Å². The van der Waals surface area contributed by atoms with Crippen molar-refractivity contribution in [3.63, 3.8) is 0 Å². The Kier molecular flexibility index (Phi) is 6.42. The number of hydrogen-bond donors (Lipinski definition) is 1. The molecule has 0 aliphatic heterocycles. The zero-order valence-electron chi connectivity index (χ0n) is 17.1. The molecule has 0 saturated heterocycles. The first-order valence-corrected chi connectivity index (χ1v) is 11.4. The molecule has 29 heavy (non-hydrogen) atoms. The predicted octanol–water partition coefficient (Wildman–Crippen LogP) is 3.24. The summed E-state index contributed by atoms with van der Waals surface area (Å²) in [6.45, 7) is 8.78. The minimum Gasteiger partial charge on any atom is -0.335 e. The number of hydrogen-bond acceptors (Lipinski definition) is 4. The van der Waals surface area contributed by atoms with Gasteiger partial charge in [0.05, 0.1) is 30.9 Å². The van der Waals surface area contributed by atoms with E-state index < -0.39 is 0 Å². The van der Waals surface area contributed by atoms with Crippen molar-refractivity contribution in [1.82, 2.24) is 19.7 Å². The highest BCUT2D eigenvalue weighted by atomic mass is 32.2. The van der Waals surface area contributed by atoms with Gasteiger partial charge in [0, 0.05) is 11.9 Å². The Hall–Kier alpha value is -2.44. The summed E-state index contributed by atoms with van der Waals surface area (Å²) in [6, 6.07) is 19.0. The number of aryl methyl sites for hydroxylation is 2. The smallest absolute Gasteiger partial charge is 0.211 e. The third kappa shape index (κ3) is 4.43. The minimum atomic E-state index is 0.771. The molecule has 0 bridgehead atoms. The average Bonchev–Trinajstić information content (AvgIpc) is 3.09. The van der Waals surface area contributed by atoms with Crippen LogP contribution in [0.4, 0.5) is 0 Å². The van der Waals surface area contributed by atoms with Gasteiger partial charge in [0.1, 0.15) is 5.52 Å². The Balaban J connectivity index is 1.62. The van der Waals surface area contributed by atoms with Crippen LogP contribution in [-0.4, -0.2) is 45.1 Å². The second-order valence-electron chi connectivity index (χ2n) is 7.23. The second-order valence-corrected chi connectivity index (χ2v) is 8.29. The van der Waals surface area contributed by atoms with Gasteiger partial charge in [-0.25, -0.2) is 4.98 Å². The average molecular weight is 407 g/mol. The van der Waals surface area contributed by atoms with Crippen molar-refractivity contribution in [2.45, 2.75) is 32.0 Å². The summed E-state index contributed by atoms with van der Waals surface area (Å²) in [7, 11) is 0. The van der Waals surface area contributed by atoms with Crippen molar-refractivity contribution in [3.05, 3.63) is 60.2 Å². The lowest BCUT2D eigenvalue weighted by atomic mass is 10.1. The van der Waals surface area contributed by atoms with Gasteiger partial charge in [-0.3, -0.25) is 0 Å². The van der Waals surface area contributed by atoms with Gasteiger partial charge < -0.3 is 9.47 Å². The summed E-state index contributed by atoms with van der Waals surface area (Å²) < 4.78 is 2.30. The molecule has 6 heteroatoms. The predicted molar refractivity (Wildman–Crippen MR) is 121 cm³/mol. The van der Waals surface area contributed by atoms with Gasteiger partial charge in [-0.05, 0) is 31.9 Å². The largest absolute Gasteiger partial charge is 0.335 e. The zero-order chi connectivity index (χ0) is 20.1. The van der Waals surface area contributed by atoms with E-state index in [0.29, 0.717) is 0 Å². The monoisotopic (exact) mass is 406 g/mol. The van der Waals surface area contributed by atoms with Crippen LogP contribution in [0.1, 0.15) is 19.4 Å². The van der Waals surface area contributed by atoms with E-state index in [0.717, 1.165) is 60.1 Å². The van der Waals surface area contributed by atoms with Crippen LogP contribution in [0.5, 0.6) is 0 Å². The van der Waals surface area contributed by atoms with Gasteiger partial charge in [0.15, 0.2) is 5.65 Å². The maximum absolute atomic E-state index is 4.92. The van der Waals surface area contributed by atoms with Crippen LogP contribution in [0.15, 0.2) is 59.8 Å². The molecule has 0 atom stereocenters. The van der Waals surface area contributed by atoms with Crippen LogP contribution in [0.2, 0.25) is 0 Å². The summed E-state index contributed by atoms with van der Waals surface area (Å²) in [5.74, 6) is 1.01. The van der Waals surface area contributed by atoms with Gasteiger partial charge in [-0.2, -0.15) is 0 Å². The number of fused-ring (bicyclic) bond motifs is 3. The molecule has 150 valence electrons. The fraction of sp³-hybridized carbons (Fsp3) is 0.348. The van der Waals surface area contributed by atoms with Gasteiger partial charge in [-0.15, -0.1) is 10.2 Å². The highest BCUT2D eigenvalue weighted by Gasteiger charge is 2.15. The minimum absolute atomic E-state index is 0.771. The van der Waals surface area contributed by atoms with E-state index in [1.165, 1.54) is 11.1 Å². The molecule has 0 aliphatic rings. The third-order valence-electron chi connectivity index (χ3n) is 5.51. The molecule has 2 aromatic carbocycles. The lowest BCUT2D eigenvalue weighted by Gasteiger charge is -2.14. The standard InChI is InChI=1S/C23H27N5S/c1-3-27(4-2)16-17-29-23-24-22-21(25-26-23)19-12-8-9-13-20(19)28(22)15-14-18-10-6-5-7-11-18/h5-13H,3-4,14-17H2,1-2H3/p+1. The normalized spacial score (nSPS) is 11.7. The third-order valence-corrected chi connectivity index (χ3v) is 6.35. The highest BCUT2D eigenvalue weighted by Crippen LogP contribution is 2.27. The fourth-order valence-electron chi connectivity index (χ4n) is 3.75. The molecule has 1 N–H and O–H groups in total. The molecule has 0 radical (unpaired) electrons. The number of quaternary nitrogens is 1. The topological polar surface area (TPSA) is 48.0 Å². The summed E-state index contributed by atoms with van der Waals surface area (Å²) in [6.07, 6.45) is 0.965. The molecule has 0 aliphatic carbocycles. The lowest BCUT2D eigenvalue weighted by Crippen LogP contribution is -3.11. The molecule has 0 unspecified atom stereocenters. The number of rotatable bonds is 9. The van der Waals surface area contributed by atoms with E-state index in [1.54, 1.807) is 16.7 Å². The molecule has 4 aromatic rings. The van der Waals surface area contributed by atoms with E-state index in [9.17, 15) is 0 Å². The summed E-state index contributed by atoms with van der Waals surface area (Å²) >= 11 is 1.71. The Labute approximate surface area is 176 Å².